The van der Waals surface area contributed by atoms with Gasteiger partial charge >= 0.3 is 0 Å². The fraction of sp³-hybridized carbons (Fsp3) is 0.143. The van der Waals surface area contributed by atoms with Crippen LogP contribution in [0.5, 0.6) is 0 Å². The lowest BCUT2D eigenvalue weighted by Crippen LogP contribution is -1.97. The second kappa shape index (κ2) is 4.29. The lowest BCUT2D eigenvalue weighted by atomic mass is 10.4. The van der Waals surface area contributed by atoms with E-state index in [1.165, 1.54) is 11.3 Å². The van der Waals surface area contributed by atoms with Crippen molar-refractivity contribution in [2.45, 2.75) is 6.54 Å². The summed E-state index contributed by atoms with van der Waals surface area (Å²) < 4.78 is 5.91. The van der Waals surface area contributed by atoms with E-state index in [1.807, 2.05) is 6.07 Å². The normalized spacial score (nSPS) is 10.4. The second-order valence-corrected chi connectivity index (χ2v) is 5.05. The number of rotatable bonds is 3. The van der Waals surface area contributed by atoms with E-state index in [0.717, 1.165) is 14.8 Å². The molecular weight excluding hydrogens is 290 g/mol. The van der Waals surface area contributed by atoms with Gasteiger partial charge in [0.05, 0.1) is 6.54 Å². The van der Waals surface area contributed by atoms with Crippen LogP contribution in [0.4, 0.5) is 5.13 Å². The molecule has 0 spiro atoms. The molecule has 1 N–H and O–H groups in total. The van der Waals surface area contributed by atoms with E-state index in [0.29, 0.717) is 11.8 Å². The van der Waals surface area contributed by atoms with E-state index in [-0.39, 0.29) is 0 Å². The standard InChI is InChI=1S/C7H5BrClN3OS/c8-6-11-12-7(14-6)10-3-4-1-2-5(9)13-4/h1-2H,3H2,(H,10,12). The fourth-order valence-corrected chi connectivity index (χ4v) is 2.05. The summed E-state index contributed by atoms with van der Waals surface area (Å²) >= 11 is 10.3. The Morgan fingerprint density at radius 2 is 2.36 bits per heavy atom. The number of nitrogens with one attached hydrogen (secondary N) is 1. The summed E-state index contributed by atoms with van der Waals surface area (Å²) in [6, 6.07) is 3.51. The van der Waals surface area contributed by atoms with E-state index in [2.05, 4.69) is 31.4 Å². The molecule has 0 bridgehead atoms. The Bertz CT molecular complexity index is 390. The van der Waals surface area contributed by atoms with Crippen molar-refractivity contribution in [3.05, 3.63) is 27.0 Å². The van der Waals surface area contributed by atoms with Crippen molar-refractivity contribution in [3.63, 3.8) is 0 Å². The summed E-state index contributed by atoms with van der Waals surface area (Å²) in [5.74, 6) is 0.765. The molecule has 0 saturated heterocycles. The molecule has 0 radical (unpaired) electrons. The van der Waals surface area contributed by atoms with Gasteiger partial charge in [0.2, 0.25) is 5.13 Å². The van der Waals surface area contributed by atoms with E-state index in [1.54, 1.807) is 6.07 Å². The highest BCUT2D eigenvalue weighted by atomic mass is 79.9. The topological polar surface area (TPSA) is 51.0 Å². The molecule has 0 aliphatic heterocycles. The largest absolute Gasteiger partial charge is 0.448 e. The molecule has 0 fully saturated rings. The molecule has 2 rings (SSSR count). The van der Waals surface area contributed by atoms with Crippen LogP contribution in [0, 0.1) is 0 Å². The number of hydrogen-bond donors (Lipinski definition) is 1. The van der Waals surface area contributed by atoms with Crippen LogP contribution in [0.25, 0.3) is 0 Å². The minimum Gasteiger partial charge on any atom is -0.448 e. The van der Waals surface area contributed by atoms with Crippen LogP contribution in [-0.2, 0) is 6.54 Å². The van der Waals surface area contributed by atoms with Gasteiger partial charge in [0.15, 0.2) is 9.14 Å². The summed E-state index contributed by atoms with van der Waals surface area (Å²) in [7, 11) is 0. The Morgan fingerprint density at radius 3 is 2.93 bits per heavy atom. The van der Waals surface area contributed by atoms with Crippen molar-refractivity contribution < 1.29 is 4.42 Å². The van der Waals surface area contributed by atoms with E-state index in [4.69, 9.17) is 16.0 Å². The highest BCUT2D eigenvalue weighted by molar-refractivity contribution is 9.11. The first-order valence-electron chi connectivity index (χ1n) is 3.71. The Labute approximate surface area is 97.4 Å². The zero-order valence-corrected chi connectivity index (χ0v) is 9.99. The average Bonchev–Trinajstić information content (AvgIpc) is 2.72. The first-order valence-corrected chi connectivity index (χ1v) is 5.70. The van der Waals surface area contributed by atoms with Gasteiger partial charge in [0.25, 0.3) is 0 Å². The molecule has 14 heavy (non-hydrogen) atoms. The van der Waals surface area contributed by atoms with Crippen LogP contribution in [0.3, 0.4) is 0 Å². The van der Waals surface area contributed by atoms with Gasteiger partial charge < -0.3 is 9.73 Å². The Hall–Kier alpha value is -0.590. The Morgan fingerprint density at radius 1 is 1.50 bits per heavy atom. The summed E-state index contributed by atoms with van der Waals surface area (Å²) in [4.78, 5) is 0. The van der Waals surface area contributed by atoms with E-state index in [9.17, 15) is 0 Å². The third-order valence-electron chi connectivity index (χ3n) is 1.44. The lowest BCUT2D eigenvalue weighted by Gasteiger charge is -1.96. The molecule has 2 aromatic heterocycles. The van der Waals surface area contributed by atoms with Crippen molar-refractivity contribution in [3.8, 4) is 0 Å². The van der Waals surface area contributed by atoms with Gasteiger partial charge in [-0.2, -0.15) is 0 Å². The van der Waals surface area contributed by atoms with Crippen LogP contribution >= 0.6 is 38.9 Å². The number of halogens is 2. The third-order valence-corrected chi connectivity index (χ3v) is 2.96. The van der Waals surface area contributed by atoms with Gasteiger partial charge in [0, 0.05) is 0 Å². The average molecular weight is 295 g/mol. The number of nitrogens with zero attached hydrogens (tertiary/aromatic N) is 2. The Kier molecular flexibility index (Phi) is 3.05. The molecule has 0 atom stereocenters. The maximum Gasteiger partial charge on any atom is 0.206 e. The summed E-state index contributed by atoms with van der Waals surface area (Å²) in [5, 5.41) is 11.9. The number of hydrogen-bond acceptors (Lipinski definition) is 5. The highest BCUT2D eigenvalue weighted by Gasteiger charge is 2.02. The smallest absolute Gasteiger partial charge is 0.206 e. The monoisotopic (exact) mass is 293 g/mol. The van der Waals surface area contributed by atoms with Crippen LogP contribution in [-0.4, -0.2) is 10.2 Å². The first-order chi connectivity index (χ1) is 6.74. The van der Waals surface area contributed by atoms with Gasteiger partial charge in [-0.15, -0.1) is 10.2 Å². The van der Waals surface area contributed by atoms with Crippen molar-refractivity contribution in [2.24, 2.45) is 0 Å². The minimum absolute atomic E-state index is 0.389. The summed E-state index contributed by atoms with van der Waals surface area (Å²) in [6.07, 6.45) is 0. The fourth-order valence-electron chi connectivity index (χ4n) is 0.886. The van der Waals surface area contributed by atoms with Gasteiger partial charge in [-0.1, -0.05) is 11.3 Å². The predicted octanol–water partition coefficient (Wildman–Crippen LogP) is 3.16. The van der Waals surface area contributed by atoms with Crippen molar-refractivity contribution >= 4 is 44.0 Å². The quantitative estimate of drug-likeness (QED) is 0.945. The molecule has 0 aliphatic carbocycles. The predicted molar refractivity (Wildman–Crippen MR) is 58.7 cm³/mol. The molecule has 0 saturated carbocycles. The molecule has 2 heterocycles. The van der Waals surface area contributed by atoms with Crippen LogP contribution in [0.15, 0.2) is 20.5 Å². The lowest BCUT2D eigenvalue weighted by molar-refractivity contribution is 0.520. The van der Waals surface area contributed by atoms with Crippen LogP contribution < -0.4 is 5.32 Å². The number of aromatic nitrogens is 2. The molecule has 74 valence electrons. The molecule has 7 heteroatoms. The van der Waals surface area contributed by atoms with Crippen LogP contribution in [0.1, 0.15) is 5.76 Å². The molecule has 2 aromatic rings. The van der Waals surface area contributed by atoms with E-state index >= 15 is 0 Å². The first kappa shape index (κ1) is 9.95. The summed E-state index contributed by atoms with van der Waals surface area (Å²) in [6.45, 7) is 0.550. The SMILES string of the molecule is Clc1ccc(CNc2nnc(Br)s2)o1. The van der Waals surface area contributed by atoms with Gasteiger partial charge in [-0.05, 0) is 39.7 Å². The van der Waals surface area contributed by atoms with Crippen molar-refractivity contribution in [1.82, 2.24) is 10.2 Å². The van der Waals surface area contributed by atoms with Crippen molar-refractivity contribution in [1.29, 1.82) is 0 Å². The molecule has 4 nitrogen and oxygen atoms in total. The Balaban J connectivity index is 1.94. The minimum atomic E-state index is 0.389. The second-order valence-electron chi connectivity index (χ2n) is 2.42. The zero-order valence-electron chi connectivity index (χ0n) is 6.83. The third kappa shape index (κ3) is 2.46. The van der Waals surface area contributed by atoms with E-state index < -0.39 is 0 Å². The summed E-state index contributed by atoms with van der Waals surface area (Å²) in [5.41, 5.74) is 0. The van der Waals surface area contributed by atoms with Gasteiger partial charge in [-0.3, -0.25) is 0 Å². The molecule has 0 unspecified atom stereocenters. The molecular formula is C7H5BrClN3OS. The molecule has 0 amide bonds. The highest BCUT2D eigenvalue weighted by Crippen LogP contribution is 2.21. The molecule has 0 aliphatic rings. The van der Waals surface area contributed by atoms with Crippen molar-refractivity contribution in [2.75, 3.05) is 5.32 Å². The van der Waals surface area contributed by atoms with Gasteiger partial charge in [0.1, 0.15) is 5.76 Å². The maximum atomic E-state index is 5.62. The maximum absolute atomic E-state index is 5.62. The number of furan rings is 1. The number of anilines is 1. The zero-order chi connectivity index (χ0) is 9.97. The van der Waals surface area contributed by atoms with Gasteiger partial charge in [-0.25, -0.2) is 0 Å². The molecule has 0 aromatic carbocycles. The van der Waals surface area contributed by atoms with Crippen LogP contribution in [0.2, 0.25) is 5.22 Å².